The number of carboxylic acids is 1. The Kier molecular flexibility index (Phi) is 8.40. The molecule has 4 heteroatoms. The number of ether oxygens (including phenoxy) is 1. The summed E-state index contributed by atoms with van der Waals surface area (Å²) in [4.78, 5) is 23.2. The first-order chi connectivity index (χ1) is 10.1. The van der Waals surface area contributed by atoms with Crippen LogP contribution in [-0.2, 0) is 14.3 Å². The standard InChI is InChI=1S/C17H30O4/c1-3-4-8-13(2)9-7-12-21-17(20)15-11-6-5-10-14(15)16(18)19/h13-15H,3-12H2,1-2H3,(H,18,19). The summed E-state index contributed by atoms with van der Waals surface area (Å²) in [6.07, 6.45) is 8.73. The summed E-state index contributed by atoms with van der Waals surface area (Å²) in [5.41, 5.74) is 0. The van der Waals surface area contributed by atoms with E-state index in [9.17, 15) is 14.7 Å². The van der Waals surface area contributed by atoms with Gasteiger partial charge in [-0.15, -0.1) is 0 Å². The average molecular weight is 298 g/mol. The van der Waals surface area contributed by atoms with Crippen LogP contribution in [0.4, 0.5) is 0 Å². The van der Waals surface area contributed by atoms with E-state index in [4.69, 9.17) is 4.74 Å². The van der Waals surface area contributed by atoms with Crippen LogP contribution in [0.3, 0.4) is 0 Å². The summed E-state index contributed by atoms with van der Waals surface area (Å²) >= 11 is 0. The third-order valence-corrected chi connectivity index (χ3v) is 4.52. The van der Waals surface area contributed by atoms with E-state index in [0.29, 0.717) is 25.4 Å². The van der Waals surface area contributed by atoms with E-state index in [2.05, 4.69) is 13.8 Å². The quantitative estimate of drug-likeness (QED) is 0.515. The molecule has 0 spiro atoms. The molecule has 1 aliphatic carbocycles. The Morgan fingerprint density at radius 3 is 2.38 bits per heavy atom. The maximum atomic E-state index is 12.0. The summed E-state index contributed by atoms with van der Waals surface area (Å²) in [6, 6.07) is 0. The Labute approximate surface area is 128 Å². The van der Waals surface area contributed by atoms with Gasteiger partial charge in [-0.1, -0.05) is 46.0 Å². The molecular formula is C17H30O4. The molecule has 0 aromatic carbocycles. The number of hydrogen-bond donors (Lipinski definition) is 1. The van der Waals surface area contributed by atoms with E-state index < -0.39 is 17.8 Å². The monoisotopic (exact) mass is 298 g/mol. The number of hydrogen-bond acceptors (Lipinski definition) is 3. The SMILES string of the molecule is CCCCC(C)CCCOC(=O)C1CCCCC1C(=O)O. The van der Waals surface area contributed by atoms with Gasteiger partial charge in [-0.2, -0.15) is 0 Å². The summed E-state index contributed by atoms with van der Waals surface area (Å²) in [7, 11) is 0. The minimum absolute atomic E-state index is 0.302. The highest BCUT2D eigenvalue weighted by atomic mass is 16.5. The van der Waals surface area contributed by atoms with Crippen LogP contribution >= 0.6 is 0 Å². The Hall–Kier alpha value is -1.06. The summed E-state index contributed by atoms with van der Waals surface area (Å²) in [6.45, 7) is 4.86. The van der Waals surface area contributed by atoms with Crippen molar-refractivity contribution >= 4 is 11.9 Å². The molecule has 0 aromatic heterocycles. The van der Waals surface area contributed by atoms with Gasteiger partial charge in [-0.05, 0) is 31.6 Å². The van der Waals surface area contributed by atoms with E-state index in [1.54, 1.807) is 0 Å². The molecule has 21 heavy (non-hydrogen) atoms. The largest absolute Gasteiger partial charge is 0.481 e. The van der Waals surface area contributed by atoms with Crippen LogP contribution in [-0.4, -0.2) is 23.7 Å². The number of carbonyl (C=O) groups is 2. The zero-order chi connectivity index (χ0) is 15.7. The molecule has 3 atom stereocenters. The number of esters is 1. The second kappa shape index (κ2) is 9.80. The Bertz CT molecular complexity index is 327. The Morgan fingerprint density at radius 1 is 1.14 bits per heavy atom. The summed E-state index contributed by atoms with van der Waals surface area (Å²) < 4.78 is 5.31. The lowest BCUT2D eigenvalue weighted by Crippen LogP contribution is -2.34. The van der Waals surface area contributed by atoms with Gasteiger partial charge in [0.15, 0.2) is 0 Å². The van der Waals surface area contributed by atoms with Crippen molar-refractivity contribution in [1.82, 2.24) is 0 Å². The van der Waals surface area contributed by atoms with Crippen molar-refractivity contribution in [3.8, 4) is 0 Å². The molecule has 1 fully saturated rings. The first-order valence-corrected chi connectivity index (χ1v) is 8.45. The molecule has 0 bridgehead atoms. The second-order valence-corrected chi connectivity index (χ2v) is 6.39. The fraction of sp³-hybridized carbons (Fsp3) is 0.882. The second-order valence-electron chi connectivity index (χ2n) is 6.39. The van der Waals surface area contributed by atoms with E-state index in [1.165, 1.54) is 19.3 Å². The number of rotatable bonds is 9. The molecule has 0 heterocycles. The number of aliphatic carboxylic acids is 1. The molecule has 4 nitrogen and oxygen atoms in total. The van der Waals surface area contributed by atoms with E-state index in [-0.39, 0.29) is 5.97 Å². The molecule has 1 aliphatic rings. The molecule has 1 N–H and O–H groups in total. The minimum atomic E-state index is -0.857. The predicted molar refractivity (Wildman–Crippen MR) is 82.0 cm³/mol. The highest BCUT2D eigenvalue weighted by Crippen LogP contribution is 2.31. The molecule has 0 radical (unpaired) electrons. The molecule has 1 saturated carbocycles. The van der Waals surface area contributed by atoms with E-state index in [0.717, 1.165) is 25.7 Å². The lowest BCUT2D eigenvalue weighted by atomic mass is 9.79. The van der Waals surface area contributed by atoms with Crippen LogP contribution in [0, 0.1) is 17.8 Å². The van der Waals surface area contributed by atoms with Crippen LogP contribution in [0.5, 0.6) is 0 Å². The minimum Gasteiger partial charge on any atom is -0.481 e. The lowest BCUT2D eigenvalue weighted by Gasteiger charge is -2.26. The fourth-order valence-corrected chi connectivity index (χ4v) is 3.12. The summed E-state index contributed by atoms with van der Waals surface area (Å²) in [5.74, 6) is -1.47. The smallest absolute Gasteiger partial charge is 0.309 e. The van der Waals surface area contributed by atoms with Crippen LogP contribution in [0.2, 0.25) is 0 Å². The van der Waals surface area contributed by atoms with Gasteiger partial charge in [0.1, 0.15) is 0 Å². The van der Waals surface area contributed by atoms with Crippen molar-refractivity contribution in [1.29, 1.82) is 0 Å². The zero-order valence-corrected chi connectivity index (χ0v) is 13.5. The van der Waals surface area contributed by atoms with Crippen molar-refractivity contribution < 1.29 is 19.4 Å². The van der Waals surface area contributed by atoms with Gasteiger partial charge in [-0.25, -0.2) is 0 Å². The Balaban J connectivity index is 2.24. The van der Waals surface area contributed by atoms with E-state index >= 15 is 0 Å². The van der Waals surface area contributed by atoms with Gasteiger partial charge < -0.3 is 9.84 Å². The normalized spacial score (nSPS) is 23.5. The number of carbonyl (C=O) groups excluding carboxylic acids is 1. The molecule has 122 valence electrons. The lowest BCUT2D eigenvalue weighted by molar-refractivity contribution is -0.159. The summed E-state index contributed by atoms with van der Waals surface area (Å²) in [5, 5.41) is 9.18. The van der Waals surface area contributed by atoms with Gasteiger partial charge in [0, 0.05) is 0 Å². The van der Waals surface area contributed by atoms with Crippen molar-refractivity contribution in [3.05, 3.63) is 0 Å². The molecule has 1 rings (SSSR count). The highest BCUT2D eigenvalue weighted by molar-refractivity contribution is 5.81. The van der Waals surface area contributed by atoms with Gasteiger partial charge >= 0.3 is 11.9 Å². The van der Waals surface area contributed by atoms with Gasteiger partial charge in [0.2, 0.25) is 0 Å². The Morgan fingerprint density at radius 2 is 1.76 bits per heavy atom. The van der Waals surface area contributed by atoms with Gasteiger partial charge in [0.05, 0.1) is 18.4 Å². The molecule has 0 saturated heterocycles. The van der Waals surface area contributed by atoms with Gasteiger partial charge in [-0.3, -0.25) is 9.59 Å². The van der Waals surface area contributed by atoms with Crippen LogP contribution < -0.4 is 0 Å². The highest BCUT2D eigenvalue weighted by Gasteiger charge is 2.36. The van der Waals surface area contributed by atoms with Crippen LogP contribution in [0.1, 0.15) is 71.6 Å². The third-order valence-electron chi connectivity index (χ3n) is 4.52. The average Bonchev–Trinajstić information content (AvgIpc) is 2.49. The van der Waals surface area contributed by atoms with Crippen LogP contribution in [0.15, 0.2) is 0 Å². The maximum absolute atomic E-state index is 12.0. The first kappa shape index (κ1) is 18.0. The fourth-order valence-electron chi connectivity index (χ4n) is 3.12. The molecular weight excluding hydrogens is 268 g/mol. The maximum Gasteiger partial charge on any atom is 0.309 e. The van der Waals surface area contributed by atoms with Crippen molar-refractivity contribution in [2.24, 2.45) is 17.8 Å². The molecule has 0 aromatic rings. The zero-order valence-electron chi connectivity index (χ0n) is 13.5. The first-order valence-electron chi connectivity index (χ1n) is 8.45. The van der Waals surface area contributed by atoms with Crippen LogP contribution in [0.25, 0.3) is 0 Å². The topological polar surface area (TPSA) is 63.6 Å². The van der Waals surface area contributed by atoms with E-state index in [1.807, 2.05) is 0 Å². The number of carboxylic acid groups (broad SMARTS) is 1. The molecule has 0 amide bonds. The third kappa shape index (κ3) is 6.49. The predicted octanol–water partition coefficient (Wildman–Crippen LogP) is 4.03. The van der Waals surface area contributed by atoms with Gasteiger partial charge in [0.25, 0.3) is 0 Å². The van der Waals surface area contributed by atoms with Crippen molar-refractivity contribution in [3.63, 3.8) is 0 Å². The molecule has 0 aliphatic heterocycles. The molecule has 3 unspecified atom stereocenters. The van der Waals surface area contributed by atoms with Crippen molar-refractivity contribution in [2.75, 3.05) is 6.61 Å². The van der Waals surface area contributed by atoms with Crippen molar-refractivity contribution in [2.45, 2.75) is 71.6 Å². The number of unbranched alkanes of at least 4 members (excludes halogenated alkanes) is 1.